The molecule has 0 saturated carbocycles. The Labute approximate surface area is 143 Å². The molecular weight excluding hydrogens is 322 g/mol. The zero-order valence-corrected chi connectivity index (χ0v) is 13.4. The molecule has 0 radical (unpaired) electrons. The second-order valence-electron chi connectivity index (χ2n) is 5.22. The molecule has 0 spiro atoms. The van der Waals surface area contributed by atoms with Gasteiger partial charge in [0.15, 0.2) is 0 Å². The number of carbonyl (C=O) groups excluding carboxylic acids is 2. The van der Waals surface area contributed by atoms with Crippen LogP contribution >= 0.6 is 0 Å². The monoisotopic (exact) mass is 339 g/mol. The first-order valence-electron chi connectivity index (χ1n) is 7.74. The van der Waals surface area contributed by atoms with E-state index in [2.05, 4.69) is 25.8 Å². The fourth-order valence-electron chi connectivity index (χ4n) is 2.18. The molecule has 0 bridgehead atoms. The lowest BCUT2D eigenvalue weighted by atomic mass is 10.3. The number of carbonyl (C=O) groups is 2. The van der Waals surface area contributed by atoms with Crippen molar-refractivity contribution in [1.82, 2.24) is 29.9 Å². The van der Waals surface area contributed by atoms with Crippen molar-refractivity contribution in [3.8, 4) is 5.69 Å². The van der Waals surface area contributed by atoms with Crippen molar-refractivity contribution in [3.63, 3.8) is 0 Å². The molecule has 0 atom stereocenters. The largest absolute Gasteiger partial charge is 0.348 e. The highest BCUT2D eigenvalue weighted by molar-refractivity contribution is 6.39. The average Bonchev–Trinajstić information content (AvgIpc) is 3.33. The van der Waals surface area contributed by atoms with Gasteiger partial charge in [-0.05, 0) is 36.8 Å². The Morgan fingerprint density at radius 2 is 1.92 bits per heavy atom. The molecule has 1 aromatic carbocycles. The predicted octanol–water partition coefficient (Wildman–Crippen LogP) is 0.609. The van der Waals surface area contributed by atoms with Gasteiger partial charge in [0.1, 0.15) is 12.7 Å². The predicted molar refractivity (Wildman–Crippen MR) is 89.8 cm³/mol. The van der Waals surface area contributed by atoms with E-state index < -0.39 is 11.8 Å². The Morgan fingerprint density at radius 3 is 2.60 bits per heavy atom. The lowest BCUT2D eigenvalue weighted by Gasteiger charge is -2.07. The first kappa shape index (κ1) is 16.4. The zero-order chi connectivity index (χ0) is 17.5. The van der Waals surface area contributed by atoms with E-state index in [4.69, 9.17) is 0 Å². The first-order valence-corrected chi connectivity index (χ1v) is 7.74. The van der Waals surface area contributed by atoms with Gasteiger partial charge in [0.2, 0.25) is 0 Å². The van der Waals surface area contributed by atoms with Crippen LogP contribution in [-0.2, 0) is 16.1 Å². The second kappa shape index (κ2) is 7.86. The minimum Gasteiger partial charge on any atom is -0.348 e. The third-order valence-corrected chi connectivity index (χ3v) is 3.42. The van der Waals surface area contributed by atoms with Crippen molar-refractivity contribution in [2.45, 2.75) is 13.0 Å². The van der Waals surface area contributed by atoms with Gasteiger partial charge >= 0.3 is 11.8 Å². The van der Waals surface area contributed by atoms with Crippen molar-refractivity contribution in [3.05, 3.63) is 55.4 Å². The zero-order valence-electron chi connectivity index (χ0n) is 13.4. The average molecular weight is 339 g/mol. The standard InChI is InChI=1S/C16H17N7O2/c24-15(18-7-1-9-22-10-2-8-19-22)16(25)21-13-3-5-14(6-4-13)23-12-17-11-20-23/h2-6,8,10-12H,1,7,9H2,(H,18,24)(H,21,25). The van der Waals surface area contributed by atoms with Gasteiger partial charge in [-0.2, -0.15) is 10.2 Å². The number of aromatic nitrogens is 5. The molecule has 0 unspecified atom stereocenters. The van der Waals surface area contributed by atoms with E-state index in [0.29, 0.717) is 25.2 Å². The summed E-state index contributed by atoms with van der Waals surface area (Å²) in [6.45, 7) is 1.08. The molecule has 2 heterocycles. The summed E-state index contributed by atoms with van der Waals surface area (Å²) in [5.41, 5.74) is 1.33. The molecule has 9 heteroatoms. The van der Waals surface area contributed by atoms with Gasteiger partial charge < -0.3 is 10.6 Å². The Morgan fingerprint density at radius 1 is 1.08 bits per heavy atom. The highest BCUT2D eigenvalue weighted by Crippen LogP contribution is 2.11. The normalized spacial score (nSPS) is 10.4. The number of nitrogens with zero attached hydrogens (tertiary/aromatic N) is 5. The molecule has 0 aliphatic rings. The van der Waals surface area contributed by atoms with Gasteiger partial charge in [-0.3, -0.25) is 14.3 Å². The molecule has 2 amide bonds. The molecule has 0 aliphatic carbocycles. The smallest absolute Gasteiger partial charge is 0.313 e. The Hall–Kier alpha value is -3.49. The van der Waals surface area contributed by atoms with E-state index in [1.54, 1.807) is 46.2 Å². The van der Waals surface area contributed by atoms with E-state index in [9.17, 15) is 9.59 Å². The summed E-state index contributed by atoms with van der Waals surface area (Å²) >= 11 is 0. The minimum atomic E-state index is -0.701. The fraction of sp³-hybridized carbons (Fsp3) is 0.188. The SMILES string of the molecule is O=C(NCCCn1cccn1)C(=O)Nc1ccc(-n2cncn2)cc1. The van der Waals surface area contributed by atoms with Crippen LogP contribution in [0.3, 0.4) is 0 Å². The van der Waals surface area contributed by atoms with Crippen molar-refractivity contribution in [2.75, 3.05) is 11.9 Å². The number of nitrogens with one attached hydrogen (secondary N) is 2. The molecule has 2 N–H and O–H groups in total. The molecular formula is C16H17N7O2. The van der Waals surface area contributed by atoms with Gasteiger partial charge in [0, 0.05) is 31.2 Å². The number of benzene rings is 1. The molecule has 0 fully saturated rings. The second-order valence-corrected chi connectivity index (χ2v) is 5.22. The van der Waals surface area contributed by atoms with Crippen molar-refractivity contribution < 1.29 is 9.59 Å². The highest BCUT2D eigenvalue weighted by atomic mass is 16.2. The number of hydrogen-bond donors (Lipinski definition) is 2. The van der Waals surface area contributed by atoms with Gasteiger partial charge in [0.25, 0.3) is 0 Å². The number of rotatable bonds is 6. The molecule has 3 rings (SSSR count). The van der Waals surface area contributed by atoms with Crippen LogP contribution in [0.25, 0.3) is 5.69 Å². The topological polar surface area (TPSA) is 107 Å². The number of amides is 2. The lowest BCUT2D eigenvalue weighted by molar-refractivity contribution is -0.136. The Balaban J connectivity index is 1.44. The van der Waals surface area contributed by atoms with Crippen molar-refractivity contribution in [1.29, 1.82) is 0 Å². The maximum Gasteiger partial charge on any atom is 0.313 e. The van der Waals surface area contributed by atoms with E-state index in [1.807, 2.05) is 12.3 Å². The van der Waals surface area contributed by atoms with Crippen molar-refractivity contribution >= 4 is 17.5 Å². The fourth-order valence-corrected chi connectivity index (χ4v) is 2.18. The highest BCUT2D eigenvalue weighted by Gasteiger charge is 2.13. The van der Waals surface area contributed by atoms with Crippen LogP contribution in [0.5, 0.6) is 0 Å². The van der Waals surface area contributed by atoms with E-state index in [0.717, 1.165) is 5.69 Å². The Kier molecular flexibility index (Phi) is 5.15. The van der Waals surface area contributed by atoms with E-state index in [-0.39, 0.29) is 0 Å². The molecule has 128 valence electrons. The number of hydrogen-bond acceptors (Lipinski definition) is 5. The van der Waals surface area contributed by atoms with E-state index in [1.165, 1.54) is 6.33 Å². The van der Waals surface area contributed by atoms with Gasteiger partial charge in [-0.1, -0.05) is 0 Å². The minimum absolute atomic E-state index is 0.400. The number of anilines is 1. The molecule has 0 saturated heterocycles. The Bertz CT molecular complexity index is 811. The molecule has 25 heavy (non-hydrogen) atoms. The molecule has 9 nitrogen and oxygen atoms in total. The van der Waals surface area contributed by atoms with Crippen LogP contribution in [0.4, 0.5) is 5.69 Å². The van der Waals surface area contributed by atoms with Gasteiger partial charge in [-0.15, -0.1) is 0 Å². The van der Waals surface area contributed by atoms with Crippen LogP contribution in [0.2, 0.25) is 0 Å². The van der Waals surface area contributed by atoms with Crippen LogP contribution in [0.1, 0.15) is 6.42 Å². The quantitative estimate of drug-likeness (QED) is 0.505. The maximum atomic E-state index is 11.9. The number of aryl methyl sites for hydroxylation is 1. The van der Waals surface area contributed by atoms with Gasteiger partial charge in [0.05, 0.1) is 5.69 Å². The lowest BCUT2D eigenvalue weighted by Crippen LogP contribution is -2.36. The van der Waals surface area contributed by atoms with Crippen LogP contribution in [-0.4, -0.2) is 42.9 Å². The maximum absolute atomic E-state index is 11.9. The summed E-state index contributed by atoms with van der Waals surface area (Å²) in [5, 5.41) is 13.2. The van der Waals surface area contributed by atoms with E-state index >= 15 is 0 Å². The summed E-state index contributed by atoms with van der Waals surface area (Å²) in [4.78, 5) is 27.5. The third kappa shape index (κ3) is 4.50. The van der Waals surface area contributed by atoms with Crippen molar-refractivity contribution in [2.24, 2.45) is 0 Å². The summed E-state index contributed by atoms with van der Waals surface area (Å²) < 4.78 is 3.36. The molecule has 0 aliphatic heterocycles. The molecule has 3 aromatic rings. The van der Waals surface area contributed by atoms with Crippen LogP contribution in [0, 0.1) is 0 Å². The van der Waals surface area contributed by atoms with Gasteiger partial charge in [-0.25, -0.2) is 9.67 Å². The summed E-state index contributed by atoms with van der Waals surface area (Å²) in [6.07, 6.45) is 7.24. The summed E-state index contributed by atoms with van der Waals surface area (Å²) in [7, 11) is 0. The van der Waals surface area contributed by atoms with Crippen LogP contribution < -0.4 is 10.6 Å². The van der Waals surface area contributed by atoms with Crippen LogP contribution in [0.15, 0.2) is 55.4 Å². The summed E-state index contributed by atoms with van der Waals surface area (Å²) in [6, 6.07) is 8.76. The molecule has 2 aromatic heterocycles. The third-order valence-electron chi connectivity index (χ3n) is 3.42. The summed E-state index contributed by atoms with van der Waals surface area (Å²) in [5.74, 6) is -1.37. The first-order chi connectivity index (χ1) is 12.2.